The molecule has 0 radical (unpaired) electrons. The lowest BCUT2D eigenvalue weighted by atomic mass is 10.2. The summed E-state index contributed by atoms with van der Waals surface area (Å²) in [5.74, 6) is -0.155. The number of aromatic nitrogens is 2. The Labute approximate surface area is 82.5 Å². The molecule has 0 aliphatic carbocycles. The van der Waals surface area contributed by atoms with Crippen molar-refractivity contribution in [2.75, 3.05) is 6.61 Å². The van der Waals surface area contributed by atoms with Crippen molar-refractivity contribution in [3.63, 3.8) is 0 Å². The number of aryl methyl sites for hydroxylation is 1. The molecule has 0 fully saturated rings. The summed E-state index contributed by atoms with van der Waals surface area (Å²) in [7, 11) is 0. The summed E-state index contributed by atoms with van der Waals surface area (Å²) < 4.78 is 0. The van der Waals surface area contributed by atoms with Crippen LogP contribution >= 0.6 is 0 Å². The maximum atomic E-state index is 11.6. The molecule has 1 aromatic rings. The van der Waals surface area contributed by atoms with Gasteiger partial charge in [0.15, 0.2) is 0 Å². The SMILES string of the molecule is Cc1[nH]ncc1C(=O)NC(C)CCO. The van der Waals surface area contributed by atoms with Gasteiger partial charge in [-0.1, -0.05) is 0 Å². The standard InChI is InChI=1S/C9H15N3O2/c1-6(3-4-13)11-9(14)8-5-10-12-7(8)2/h5-6,13H,3-4H2,1-2H3,(H,10,12)(H,11,14). The number of aromatic amines is 1. The van der Waals surface area contributed by atoms with Gasteiger partial charge in [-0.15, -0.1) is 0 Å². The Kier molecular flexibility index (Phi) is 3.64. The average molecular weight is 197 g/mol. The number of carbonyl (C=O) groups is 1. The van der Waals surface area contributed by atoms with E-state index in [1.165, 1.54) is 6.20 Å². The van der Waals surface area contributed by atoms with Crippen LogP contribution in [0.15, 0.2) is 6.20 Å². The lowest BCUT2D eigenvalue weighted by Crippen LogP contribution is -2.33. The lowest BCUT2D eigenvalue weighted by molar-refractivity contribution is 0.0934. The van der Waals surface area contributed by atoms with E-state index < -0.39 is 0 Å². The number of rotatable bonds is 4. The monoisotopic (exact) mass is 197 g/mol. The van der Waals surface area contributed by atoms with Gasteiger partial charge in [0.2, 0.25) is 0 Å². The van der Waals surface area contributed by atoms with E-state index >= 15 is 0 Å². The number of nitrogens with zero attached hydrogens (tertiary/aromatic N) is 1. The third-order valence-electron chi connectivity index (χ3n) is 2.01. The highest BCUT2D eigenvalue weighted by Gasteiger charge is 2.12. The van der Waals surface area contributed by atoms with Crippen LogP contribution in [-0.4, -0.2) is 33.9 Å². The minimum absolute atomic E-state index is 0.0261. The zero-order valence-corrected chi connectivity index (χ0v) is 8.37. The van der Waals surface area contributed by atoms with E-state index in [1.54, 1.807) is 6.92 Å². The second kappa shape index (κ2) is 4.76. The first kappa shape index (κ1) is 10.7. The van der Waals surface area contributed by atoms with Crippen LogP contribution in [0.4, 0.5) is 0 Å². The molecule has 0 aromatic carbocycles. The average Bonchev–Trinajstić information content (AvgIpc) is 2.51. The summed E-state index contributed by atoms with van der Waals surface area (Å²) in [5.41, 5.74) is 1.30. The third-order valence-corrected chi connectivity index (χ3v) is 2.01. The largest absolute Gasteiger partial charge is 0.396 e. The Hall–Kier alpha value is -1.36. The van der Waals surface area contributed by atoms with Crippen molar-refractivity contribution in [2.24, 2.45) is 0 Å². The second-order valence-corrected chi connectivity index (χ2v) is 3.30. The summed E-state index contributed by atoms with van der Waals surface area (Å²) >= 11 is 0. The number of carbonyl (C=O) groups excluding carboxylic acids is 1. The van der Waals surface area contributed by atoms with E-state index in [0.717, 1.165) is 5.69 Å². The number of hydrogen-bond acceptors (Lipinski definition) is 3. The highest BCUT2D eigenvalue weighted by atomic mass is 16.3. The molecule has 14 heavy (non-hydrogen) atoms. The second-order valence-electron chi connectivity index (χ2n) is 3.30. The summed E-state index contributed by atoms with van der Waals surface area (Å²) in [6.07, 6.45) is 2.05. The van der Waals surface area contributed by atoms with Crippen molar-refractivity contribution in [1.82, 2.24) is 15.5 Å². The molecule has 0 saturated carbocycles. The zero-order chi connectivity index (χ0) is 10.6. The number of nitrogens with one attached hydrogen (secondary N) is 2. The highest BCUT2D eigenvalue weighted by molar-refractivity contribution is 5.95. The van der Waals surface area contributed by atoms with Crippen molar-refractivity contribution < 1.29 is 9.90 Å². The molecule has 1 amide bonds. The van der Waals surface area contributed by atoms with Crippen LogP contribution in [0.5, 0.6) is 0 Å². The van der Waals surface area contributed by atoms with E-state index in [4.69, 9.17) is 5.11 Å². The van der Waals surface area contributed by atoms with Gasteiger partial charge in [-0.05, 0) is 20.3 Å². The Morgan fingerprint density at radius 2 is 2.50 bits per heavy atom. The predicted octanol–water partition coefficient (Wildman–Crippen LogP) is 0.219. The Morgan fingerprint density at radius 1 is 1.79 bits per heavy atom. The molecule has 0 bridgehead atoms. The molecule has 1 unspecified atom stereocenters. The minimum atomic E-state index is -0.155. The molecule has 1 heterocycles. The summed E-state index contributed by atoms with van der Waals surface area (Å²) in [6, 6.07) is -0.0261. The first-order valence-corrected chi connectivity index (χ1v) is 4.57. The van der Waals surface area contributed by atoms with Crippen molar-refractivity contribution >= 4 is 5.91 Å². The van der Waals surface area contributed by atoms with Crippen molar-refractivity contribution in [1.29, 1.82) is 0 Å². The van der Waals surface area contributed by atoms with Crippen molar-refractivity contribution in [2.45, 2.75) is 26.3 Å². The van der Waals surface area contributed by atoms with E-state index in [2.05, 4.69) is 15.5 Å². The molecule has 1 aromatic heterocycles. The Bertz CT molecular complexity index is 309. The summed E-state index contributed by atoms with van der Waals surface area (Å²) in [4.78, 5) is 11.6. The maximum absolute atomic E-state index is 11.6. The smallest absolute Gasteiger partial charge is 0.254 e. The first-order valence-electron chi connectivity index (χ1n) is 4.57. The molecule has 5 nitrogen and oxygen atoms in total. The fourth-order valence-electron chi connectivity index (χ4n) is 1.15. The number of amides is 1. The van der Waals surface area contributed by atoms with E-state index in [9.17, 15) is 4.79 Å². The van der Waals surface area contributed by atoms with Gasteiger partial charge in [0.05, 0.1) is 11.8 Å². The quantitative estimate of drug-likeness (QED) is 0.646. The molecule has 0 aliphatic heterocycles. The van der Waals surface area contributed by atoms with Crippen LogP contribution < -0.4 is 5.32 Å². The topological polar surface area (TPSA) is 78.0 Å². The van der Waals surface area contributed by atoms with Crippen LogP contribution in [0, 0.1) is 6.92 Å². The number of aliphatic hydroxyl groups excluding tert-OH is 1. The lowest BCUT2D eigenvalue weighted by Gasteiger charge is -2.11. The normalized spacial score (nSPS) is 12.5. The molecule has 1 atom stereocenters. The predicted molar refractivity (Wildman–Crippen MR) is 52.0 cm³/mol. The highest BCUT2D eigenvalue weighted by Crippen LogP contribution is 2.02. The molecule has 5 heteroatoms. The fourth-order valence-corrected chi connectivity index (χ4v) is 1.15. The van der Waals surface area contributed by atoms with Gasteiger partial charge in [-0.25, -0.2) is 0 Å². The zero-order valence-electron chi connectivity index (χ0n) is 8.37. The van der Waals surface area contributed by atoms with Crippen LogP contribution in [-0.2, 0) is 0 Å². The molecular formula is C9H15N3O2. The van der Waals surface area contributed by atoms with Gasteiger partial charge in [-0.3, -0.25) is 9.89 Å². The van der Waals surface area contributed by atoms with Crippen molar-refractivity contribution in [3.8, 4) is 0 Å². The molecule has 3 N–H and O–H groups in total. The molecular weight excluding hydrogens is 182 g/mol. The van der Waals surface area contributed by atoms with Gasteiger partial charge in [0, 0.05) is 18.3 Å². The van der Waals surface area contributed by atoms with Crippen LogP contribution in [0.25, 0.3) is 0 Å². The first-order chi connectivity index (χ1) is 6.65. The van der Waals surface area contributed by atoms with Gasteiger partial charge >= 0.3 is 0 Å². The Balaban J connectivity index is 2.55. The van der Waals surface area contributed by atoms with E-state index in [1.807, 2.05) is 6.92 Å². The fraction of sp³-hybridized carbons (Fsp3) is 0.556. The van der Waals surface area contributed by atoms with Crippen LogP contribution in [0.2, 0.25) is 0 Å². The summed E-state index contributed by atoms with van der Waals surface area (Å²) in [6.45, 7) is 3.72. The van der Waals surface area contributed by atoms with Crippen LogP contribution in [0.3, 0.4) is 0 Å². The van der Waals surface area contributed by atoms with Crippen molar-refractivity contribution in [3.05, 3.63) is 17.5 Å². The molecule has 1 rings (SSSR count). The number of hydrogen-bond donors (Lipinski definition) is 3. The maximum Gasteiger partial charge on any atom is 0.254 e. The van der Waals surface area contributed by atoms with Crippen LogP contribution in [0.1, 0.15) is 29.4 Å². The number of H-pyrrole nitrogens is 1. The van der Waals surface area contributed by atoms with E-state index in [0.29, 0.717) is 12.0 Å². The van der Waals surface area contributed by atoms with Gasteiger partial charge in [-0.2, -0.15) is 5.10 Å². The van der Waals surface area contributed by atoms with Gasteiger partial charge in [0.1, 0.15) is 0 Å². The molecule has 0 spiro atoms. The molecule has 0 saturated heterocycles. The summed E-state index contributed by atoms with van der Waals surface area (Å²) in [5, 5.41) is 17.9. The molecule has 0 aliphatic rings. The molecule has 78 valence electrons. The Morgan fingerprint density at radius 3 is 3.00 bits per heavy atom. The third kappa shape index (κ3) is 2.56. The van der Waals surface area contributed by atoms with Gasteiger partial charge in [0.25, 0.3) is 5.91 Å². The number of aliphatic hydroxyl groups is 1. The van der Waals surface area contributed by atoms with Gasteiger partial charge < -0.3 is 10.4 Å². The van der Waals surface area contributed by atoms with E-state index in [-0.39, 0.29) is 18.6 Å². The minimum Gasteiger partial charge on any atom is -0.396 e.